The van der Waals surface area contributed by atoms with Gasteiger partial charge in [-0.3, -0.25) is 4.79 Å². The van der Waals surface area contributed by atoms with Crippen LogP contribution in [0.1, 0.15) is 15.9 Å². The van der Waals surface area contributed by atoms with Crippen molar-refractivity contribution < 1.29 is 14.3 Å². The van der Waals surface area contributed by atoms with Gasteiger partial charge in [-0.05, 0) is 66.2 Å². The number of amides is 1. The number of hydrogen-bond donors (Lipinski definition) is 1. The Labute approximate surface area is 182 Å². The van der Waals surface area contributed by atoms with E-state index in [1.54, 1.807) is 38.5 Å². The first-order valence-corrected chi connectivity index (χ1v) is 9.78. The molecule has 1 N–H and O–H groups in total. The Morgan fingerprint density at radius 1 is 0.839 bits per heavy atom. The summed E-state index contributed by atoms with van der Waals surface area (Å²) in [4.78, 5) is 14.5. The number of nitrogens with one attached hydrogen (secondary N) is 1. The van der Waals surface area contributed by atoms with E-state index in [0.717, 1.165) is 16.9 Å². The van der Waals surface area contributed by atoms with E-state index in [9.17, 15) is 4.79 Å². The molecule has 3 aromatic rings. The van der Waals surface area contributed by atoms with E-state index >= 15 is 0 Å². The third-order valence-corrected chi connectivity index (χ3v) is 4.68. The maximum absolute atomic E-state index is 12.4. The van der Waals surface area contributed by atoms with Gasteiger partial charge in [-0.2, -0.15) is 10.2 Å². The molecule has 0 heterocycles. The molecule has 3 rings (SSSR count). The highest BCUT2D eigenvalue weighted by atomic mass is 16.5. The molecule has 1 amide bonds. The largest absolute Gasteiger partial charge is 0.493 e. The van der Waals surface area contributed by atoms with E-state index in [1.165, 1.54) is 0 Å². The summed E-state index contributed by atoms with van der Waals surface area (Å²) in [5.41, 5.74) is 4.00. The van der Waals surface area contributed by atoms with Gasteiger partial charge in [0.05, 0.1) is 25.6 Å². The van der Waals surface area contributed by atoms with Crippen LogP contribution in [0.3, 0.4) is 0 Å². The van der Waals surface area contributed by atoms with Crippen LogP contribution in [0.25, 0.3) is 0 Å². The van der Waals surface area contributed by atoms with Crippen LogP contribution in [-0.2, 0) is 6.54 Å². The van der Waals surface area contributed by atoms with Gasteiger partial charge in [0.1, 0.15) is 0 Å². The van der Waals surface area contributed by atoms with Crippen LogP contribution in [0.5, 0.6) is 11.5 Å². The van der Waals surface area contributed by atoms with Crippen molar-refractivity contribution in [2.24, 2.45) is 10.2 Å². The summed E-state index contributed by atoms with van der Waals surface area (Å²) in [6.45, 7) is 0.379. The molecular formula is C24H26N4O3. The zero-order valence-corrected chi connectivity index (χ0v) is 18.1. The van der Waals surface area contributed by atoms with Crippen LogP contribution in [0.15, 0.2) is 77.0 Å². The summed E-state index contributed by atoms with van der Waals surface area (Å²) < 4.78 is 10.5. The number of hydrogen-bond acceptors (Lipinski definition) is 6. The number of carbonyl (C=O) groups is 1. The molecule has 0 atom stereocenters. The van der Waals surface area contributed by atoms with E-state index in [2.05, 4.69) is 15.5 Å². The minimum Gasteiger partial charge on any atom is -0.493 e. The Hall–Kier alpha value is -3.87. The van der Waals surface area contributed by atoms with Crippen LogP contribution in [0.2, 0.25) is 0 Å². The number of nitrogens with zero attached hydrogens (tertiary/aromatic N) is 3. The van der Waals surface area contributed by atoms with Crippen LogP contribution >= 0.6 is 0 Å². The summed E-state index contributed by atoms with van der Waals surface area (Å²) in [5, 5.41) is 11.4. The van der Waals surface area contributed by atoms with Gasteiger partial charge >= 0.3 is 0 Å². The number of azo groups is 1. The van der Waals surface area contributed by atoms with Gasteiger partial charge in [-0.25, -0.2) is 0 Å². The first-order chi connectivity index (χ1) is 15.0. The topological polar surface area (TPSA) is 75.5 Å². The molecule has 0 aliphatic heterocycles. The fourth-order valence-electron chi connectivity index (χ4n) is 2.89. The number of benzene rings is 3. The maximum atomic E-state index is 12.4. The minimum absolute atomic E-state index is 0.169. The molecule has 0 aliphatic carbocycles. The summed E-state index contributed by atoms with van der Waals surface area (Å²) in [6, 6.07) is 20.3. The number of rotatable bonds is 8. The fourth-order valence-corrected chi connectivity index (χ4v) is 2.89. The molecule has 7 heteroatoms. The molecule has 0 unspecified atom stereocenters. The summed E-state index contributed by atoms with van der Waals surface area (Å²) in [5.74, 6) is 1.11. The summed E-state index contributed by atoms with van der Waals surface area (Å²) in [6.07, 6.45) is 0. The lowest BCUT2D eigenvalue weighted by Crippen LogP contribution is -2.22. The Morgan fingerprint density at radius 3 is 1.97 bits per heavy atom. The molecule has 7 nitrogen and oxygen atoms in total. The molecule has 0 aromatic heterocycles. The lowest BCUT2D eigenvalue weighted by molar-refractivity contribution is 0.0951. The van der Waals surface area contributed by atoms with E-state index in [4.69, 9.17) is 9.47 Å². The van der Waals surface area contributed by atoms with Crippen molar-refractivity contribution >= 4 is 23.0 Å². The molecule has 31 heavy (non-hydrogen) atoms. The fraction of sp³-hybridized carbons (Fsp3) is 0.208. The molecule has 0 spiro atoms. The van der Waals surface area contributed by atoms with Crippen molar-refractivity contribution in [3.05, 3.63) is 77.9 Å². The average molecular weight is 418 g/mol. The molecule has 0 saturated heterocycles. The van der Waals surface area contributed by atoms with Crippen molar-refractivity contribution in [2.75, 3.05) is 33.2 Å². The van der Waals surface area contributed by atoms with E-state index in [1.807, 2.05) is 61.5 Å². The summed E-state index contributed by atoms with van der Waals surface area (Å²) >= 11 is 0. The van der Waals surface area contributed by atoms with Crippen molar-refractivity contribution in [3.8, 4) is 11.5 Å². The van der Waals surface area contributed by atoms with Gasteiger partial charge in [0.15, 0.2) is 11.5 Å². The number of carbonyl (C=O) groups excluding carboxylic acids is 1. The Morgan fingerprint density at radius 2 is 1.42 bits per heavy atom. The lowest BCUT2D eigenvalue weighted by Gasteiger charge is -2.11. The highest BCUT2D eigenvalue weighted by molar-refractivity contribution is 5.94. The Balaban J connectivity index is 1.58. The van der Waals surface area contributed by atoms with E-state index < -0.39 is 0 Å². The highest BCUT2D eigenvalue weighted by Crippen LogP contribution is 2.27. The first-order valence-electron chi connectivity index (χ1n) is 9.78. The smallest absolute Gasteiger partial charge is 0.251 e. The number of anilines is 1. The van der Waals surface area contributed by atoms with Crippen LogP contribution < -0.4 is 19.7 Å². The van der Waals surface area contributed by atoms with Gasteiger partial charge in [-0.1, -0.05) is 6.07 Å². The van der Waals surface area contributed by atoms with Gasteiger partial charge in [0, 0.05) is 31.9 Å². The lowest BCUT2D eigenvalue weighted by atomic mass is 10.1. The highest BCUT2D eigenvalue weighted by Gasteiger charge is 2.08. The first kappa shape index (κ1) is 21.8. The van der Waals surface area contributed by atoms with Crippen LogP contribution in [0, 0.1) is 0 Å². The molecule has 0 bridgehead atoms. The van der Waals surface area contributed by atoms with Gasteiger partial charge in [0.2, 0.25) is 0 Å². The molecular weight excluding hydrogens is 392 g/mol. The van der Waals surface area contributed by atoms with E-state index in [-0.39, 0.29) is 5.91 Å². The van der Waals surface area contributed by atoms with Crippen molar-refractivity contribution in [1.29, 1.82) is 0 Å². The molecule has 0 fully saturated rings. The van der Waals surface area contributed by atoms with Gasteiger partial charge in [-0.15, -0.1) is 0 Å². The predicted octanol–water partition coefficient (Wildman–Crippen LogP) is 5.12. The van der Waals surface area contributed by atoms with Crippen molar-refractivity contribution in [2.45, 2.75) is 6.54 Å². The molecule has 0 saturated carbocycles. The zero-order chi connectivity index (χ0) is 22.2. The van der Waals surface area contributed by atoms with E-state index in [0.29, 0.717) is 29.3 Å². The SMILES string of the molecule is COc1ccc(CNC(=O)c2ccc(/N=N/c3ccc(N(C)C)cc3)cc2)cc1OC. The Bertz CT molecular complexity index is 1050. The van der Waals surface area contributed by atoms with Crippen LogP contribution in [-0.4, -0.2) is 34.2 Å². The Kier molecular flexibility index (Phi) is 7.22. The normalized spacial score (nSPS) is 10.7. The van der Waals surface area contributed by atoms with Crippen molar-refractivity contribution in [3.63, 3.8) is 0 Å². The quantitative estimate of drug-likeness (QED) is 0.516. The molecule has 160 valence electrons. The molecule has 3 aromatic carbocycles. The third-order valence-electron chi connectivity index (χ3n) is 4.68. The molecule has 0 radical (unpaired) electrons. The minimum atomic E-state index is -0.169. The maximum Gasteiger partial charge on any atom is 0.251 e. The predicted molar refractivity (Wildman–Crippen MR) is 122 cm³/mol. The second-order valence-corrected chi connectivity index (χ2v) is 7.03. The van der Waals surface area contributed by atoms with Crippen LogP contribution in [0.4, 0.5) is 17.1 Å². The van der Waals surface area contributed by atoms with Crippen molar-refractivity contribution in [1.82, 2.24) is 5.32 Å². The number of methoxy groups -OCH3 is 2. The average Bonchev–Trinajstić information content (AvgIpc) is 2.81. The third kappa shape index (κ3) is 5.82. The molecule has 0 aliphatic rings. The zero-order valence-electron chi connectivity index (χ0n) is 18.1. The second-order valence-electron chi connectivity index (χ2n) is 7.03. The second kappa shape index (κ2) is 10.2. The summed E-state index contributed by atoms with van der Waals surface area (Å²) in [7, 11) is 7.14. The van der Waals surface area contributed by atoms with Gasteiger partial charge < -0.3 is 19.7 Å². The van der Waals surface area contributed by atoms with Gasteiger partial charge in [0.25, 0.3) is 5.91 Å². The standard InChI is InChI=1S/C24H26N4O3/c1-28(2)21-12-10-20(11-13-21)27-26-19-8-6-18(7-9-19)24(29)25-16-17-5-14-22(30-3)23(15-17)31-4/h5-15H,16H2,1-4H3,(H,25,29)/b27-26+. The number of ether oxygens (including phenoxy) is 2. The monoisotopic (exact) mass is 418 g/mol.